The molecular formula is C22H22FN3O2. The number of anilines is 2. The molecule has 4 rings (SSSR count). The highest BCUT2D eigenvalue weighted by molar-refractivity contribution is 6.08. The Balaban J connectivity index is 1.86. The second-order valence-corrected chi connectivity index (χ2v) is 6.99. The van der Waals surface area contributed by atoms with Crippen molar-refractivity contribution in [2.75, 3.05) is 31.6 Å². The number of carbonyl (C=O) groups is 1. The Kier molecular flexibility index (Phi) is 4.96. The van der Waals surface area contributed by atoms with Gasteiger partial charge in [-0.3, -0.25) is 9.78 Å². The molecule has 0 spiro atoms. The first-order valence-corrected chi connectivity index (χ1v) is 9.33. The minimum atomic E-state index is -0.366. The number of amides is 1. The summed E-state index contributed by atoms with van der Waals surface area (Å²) in [4.78, 5) is 19.3. The molecule has 1 amide bonds. The van der Waals surface area contributed by atoms with Gasteiger partial charge in [-0.05, 0) is 49.2 Å². The van der Waals surface area contributed by atoms with Crippen LogP contribution in [-0.2, 0) is 4.74 Å². The first-order chi connectivity index (χ1) is 13.5. The average molecular weight is 379 g/mol. The van der Waals surface area contributed by atoms with Crippen LogP contribution < -0.4 is 5.32 Å². The van der Waals surface area contributed by atoms with Gasteiger partial charge in [-0.2, -0.15) is 0 Å². The molecule has 0 aliphatic carbocycles. The molecule has 6 heteroatoms. The van der Waals surface area contributed by atoms with E-state index in [-0.39, 0.29) is 11.7 Å². The van der Waals surface area contributed by atoms with Gasteiger partial charge in [0.05, 0.1) is 30.0 Å². The van der Waals surface area contributed by atoms with Gasteiger partial charge in [0.15, 0.2) is 0 Å². The maximum Gasteiger partial charge on any atom is 0.257 e. The smallest absolute Gasteiger partial charge is 0.257 e. The molecule has 1 N–H and O–H groups in total. The third-order valence-electron chi connectivity index (χ3n) is 5.22. The number of nitrogens with zero attached hydrogens (tertiary/aromatic N) is 2. The van der Waals surface area contributed by atoms with Crippen molar-refractivity contribution in [3.63, 3.8) is 0 Å². The van der Waals surface area contributed by atoms with Crippen LogP contribution in [0.25, 0.3) is 10.9 Å². The Morgan fingerprint density at radius 3 is 2.75 bits per heavy atom. The molecule has 1 aromatic heterocycles. The first-order valence-electron chi connectivity index (χ1n) is 9.33. The van der Waals surface area contributed by atoms with E-state index in [1.165, 1.54) is 12.1 Å². The van der Waals surface area contributed by atoms with Crippen LogP contribution in [-0.4, -0.2) is 42.1 Å². The highest BCUT2D eigenvalue weighted by Gasteiger charge is 2.23. The maximum absolute atomic E-state index is 14.0. The van der Waals surface area contributed by atoms with Crippen LogP contribution in [0, 0.1) is 19.7 Å². The van der Waals surface area contributed by atoms with E-state index in [9.17, 15) is 9.18 Å². The van der Waals surface area contributed by atoms with Gasteiger partial charge in [0.2, 0.25) is 0 Å². The van der Waals surface area contributed by atoms with Crippen LogP contribution in [0.5, 0.6) is 0 Å². The Morgan fingerprint density at radius 2 is 1.96 bits per heavy atom. The molecule has 2 heterocycles. The zero-order chi connectivity index (χ0) is 19.7. The number of fused-ring (bicyclic) bond motifs is 1. The normalized spacial score (nSPS) is 14.3. The number of benzene rings is 2. The van der Waals surface area contributed by atoms with Gasteiger partial charge in [0.1, 0.15) is 5.82 Å². The average Bonchev–Trinajstić information content (AvgIpc) is 2.72. The highest BCUT2D eigenvalue weighted by Crippen LogP contribution is 2.32. The second-order valence-electron chi connectivity index (χ2n) is 6.99. The Morgan fingerprint density at radius 1 is 1.18 bits per heavy atom. The number of carbonyl (C=O) groups excluding carboxylic acids is 1. The molecule has 1 aliphatic heterocycles. The van der Waals surface area contributed by atoms with Gasteiger partial charge < -0.3 is 15.0 Å². The lowest BCUT2D eigenvalue weighted by atomic mass is 10.0. The van der Waals surface area contributed by atoms with Crippen LogP contribution in [0.1, 0.15) is 21.5 Å². The number of aryl methyl sites for hydroxylation is 1. The molecule has 1 fully saturated rings. The number of halogens is 1. The number of hydrogen-bond donors (Lipinski definition) is 1. The van der Waals surface area contributed by atoms with E-state index in [1.54, 1.807) is 17.2 Å². The van der Waals surface area contributed by atoms with E-state index in [0.717, 1.165) is 16.8 Å². The molecular weight excluding hydrogens is 357 g/mol. The zero-order valence-electron chi connectivity index (χ0n) is 16.0. The molecule has 5 nitrogen and oxygen atoms in total. The van der Waals surface area contributed by atoms with E-state index < -0.39 is 0 Å². The molecule has 0 unspecified atom stereocenters. The Labute approximate surface area is 163 Å². The number of morpholine rings is 1. The predicted octanol–water partition coefficient (Wildman–Crippen LogP) is 4.21. The molecule has 0 saturated carbocycles. The number of pyridine rings is 1. The number of nitrogens with one attached hydrogen (secondary N) is 1. The first kappa shape index (κ1) is 18.4. The van der Waals surface area contributed by atoms with Gasteiger partial charge >= 0.3 is 0 Å². The number of hydrogen-bond acceptors (Lipinski definition) is 4. The van der Waals surface area contributed by atoms with Crippen molar-refractivity contribution in [2.24, 2.45) is 0 Å². The van der Waals surface area contributed by atoms with E-state index >= 15 is 0 Å². The summed E-state index contributed by atoms with van der Waals surface area (Å²) in [6, 6.07) is 10.4. The molecule has 1 aliphatic rings. The van der Waals surface area contributed by atoms with Crippen LogP contribution in [0.4, 0.5) is 15.8 Å². The standard InChI is InChI=1S/C22H22FN3O2/c1-14-4-3-5-19(15(14)2)25-21-17-12-16(23)6-7-20(17)24-13-18(21)22(27)26-8-10-28-11-9-26/h3-7,12-13H,8-11H2,1-2H3,(H,24,25). The molecule has 28 heavy (non-hydrogen) atoms. The number of rotatable bonds is 3. The van der Waals surface area contributed by atoms with Crippen molar-refractivity contribution in [3.05, 3.63) is 65.1 Å². The van der Waals surface area contributed by atoms with Crippen molar-refractivity contribution < 1.29 is 13.9 Å². The number of ether oxygens (including phenoxy) is 1. The van der Waals surface area contributed by atoms with Crippen molar-refractivity contribution in [1.29, 1.82) is 0 Å². The minimum absolute atomic E-state index is 0.130. The fraction of sp³-hybridized carbons (Fsp3) is 0.273. The summed E-state index contributed by atoms with van der Waals surface area (Å²) in [7, 11) is 0. The molecule has 144 valence electrons. The Bertz CT molecular complexity index is 1050. The monoisotopic (exact) mass is 379 g/mol. The van der Waals surface area contributed by atoms with Crippen molar-refractivity contribution in [2.45, 2.75) is 13.8 Å². The largest absolute Gasteiger partial charge is 0.378 e. The summed E-state index contributed by atoms with van der Waals surface area (Å²) in [6.07, 6.45) is 1.57. The lowest BCUT2D eigenvalue weighted by Gasteiger charge is -2.28. The predicted molar refractivity (Wildman–Crippen MR) is 108 cm³/mol. The van der Waals surface area contributed by atoms with Gasteiger partial charge in [-0.15, -0.1) is 0 Å². The van der Waals surface area contributed by atoms with Crippen molar-refractivity contribution in [3.8, 4) is 0 Å². The summed E-state index contributed by atoms with van der Waals surface area (Å²) in [5, 5.41) is 3.97. The maximum atomic E-state index is 14.0. The van der Waals surface area contributed by atoms with Crippen LogP contribution >= 0.6 is 0 Å². The fourth-order valence-corrected chi connectivity index (χ4v) is 3.42. The summed E-state index contributed by atoms with van der Waals surface area (Å²) in [6.45, 7) is 6.14. The van der Waals surface area contributed by atoms with E-state index in [1.807, 2.05) is 32.0 Å². The van der Waals surface area contributed by atoms with Gasteiger partial charge in [0.25, 0.3) is 5.91 Å². The van der Waals surface area contributed by atoms with Crippen LogP contribution in [0.2, 0.25) is 0 Å². The highest BCUT2D eigenvalue weighted by atomic mass is 19.1. The van der Waals surface area contributed by atoms with Crippen LogP contribution in [0.15, 0.2) is 42.6 Å². The summed E-state index contributed by atoms with van der Waals surface area (Å²) in [5.41, 5.74) is 4.74. The summed E-state index contributed by atoms with van der Waals surface area (Å²) < 4.78 is 19.4. The molecule has 3 aromatic rings. The fourth-order valence-electron chi connectivity index (χ4n) is 3.42. The van der Waals surface area contributed by atoms with Gasteiger partial charge in [-0.25, -0.2) is 4.39 Å². The van der Waals surface area contributed by atoms with E-state index in [0.29, 0.717) is 48.5 Å². The van der Waals surface area contributed by atoms with Crippen molar-refractivity contribution in [1.82, 2.24) is 9.88 Å². The van der Waals surface area contributed by atoms with Gasteiger partial charge in [-0.1, -0.05) is 12.1 Å². The lowest BCUT2D eigenvalue weighted by Crippen LogP contribution is -2.41. The molecule has 0 atom stereocenters. The molecule has 1 saturated heterocycles. The van der Waals surface area contributed by atoms with Crippen molar-refractivity contribution >= 4 is 28.2 Å². The summed E-state index contributed by atoms with van der Waals surface area (Å²) >= 11 is 0. The van der Waals surface area contributed by atoms with Gasteiger partial charge in [0, 0.05) is 30.4 Å². The Hall–Kier alpha value is -2.99. The van der Waals surface area contributed by atoms with E-state index in [2.05, 4.69) is 10.3 Å². The topological polar surface area (TPSA) is 54.5 Å². The summed E-state index contributed by atoms with van der Waals surface area (Å²) in [5.74, 6) is -0.496. The number of aromatic nitrogens is 1. The zero-order valence-corrected chi connectivity index (χ0v) is 16.0. The third-order valence-corrected chi connectivity index (χ3v) is 5.22. The quantitative estimate of drug-likeness (QED) is 0.741. The minimum Gasteiger partial charge on any atom is -0.378 e. The molecule has 2 aromatic carbocycles. The lowest BCUT2D eigenvalue weighted by molar-refractivity contribution is 0.0303. The second kappa shape index (κ2) is 7.56. The van der Waals surface area contributed by atoms with Crippen LogP contribution in [0.3, 0.4) is 0 Å². The molecule has 0 radical (unpaired) electrons. The third kappa shape index (κ3) is 3.43. The van der Waals surface area contributed by atoms with E-state index in [4.69, 9.17) is 4.74 Å². The molecule has 0 bridgehead atoms. The SMILES string of the molecule is Cc1cccc(Nc2c(C(=O)N3CCOCC3)cnc3ccc(F)cc23)c1C.